The van der Waals surface area contributed by atoms with Crippen LogP contribution in [0.1, 0.15) is 11.3 Å². The lowest BCUT2D eigenvalue weighted by Crippen LogP contribution is -2.05. The number of furan rings is 1. The van der Waals surface area contributed by atoms with E-state index in [9.17, 15) is 0 Å². The molecule has 0 bridgehead atoms. The SMILES string of the molecule is Cc1ccccc1Nc1nc(NCc2ccco2)c2ccccc2n1.Cl. The molecule has 0 radical (unpaired) electrons. The fourth-order valence-electron chi connectivity index (χ4n) is 2.68. The molecule has 0 aliphatic carbocycles. The summed E-state index contributed by atoms with van der Waals surface area (Å²) in [6.07, 6.45) is 1.67. The maximum Gasteiger partial charge on any atom is 0.229 e. The standard InChI is InChI=1S/C20H18N4O.ClH/c1-14-7-2-4-10-17(14)22-20-23-18-11-5-3-9-16(18)19(24-20)21-13-15-8-6-12-25-15;/h2-12H,13H2,1H3,(H2,21,22,23,24);1H. The van der Waals surface area contributed by atoms with E-state index in [1.807, 2.05) is 54.6 Å². The number of nitrogens with zero attached hydrogens (tertiary/aromatic N) is 2. The molecule has 4 rings (SSSR count). The Morgan fingerprint density at radius 2 is 1.73 bits per heavy atom. The van der Waals surface area contributed by atoms with Crippen molar-refractivity contribution in [2.75, 3.05) is 10.6 Å². The van der Waals surface area contributed by atoms with Gasteiger partial charge in [-0.25, -0.2) is 4.98 Å². The molecule has 2 heterocycles. The van der Waals surface area contributed by atoms with Crippen LogP contribution in [0.3, 0.4) is 0 Å². The number of aryl methyl sites for hydroxylation is 1. The minimum atomic E-state index is 0. The van der Waals surface area contributed by atoms with Crippen molar-refractivity contribution >= 4 is 40.8 Å². The van der Waals surface area contributed by atoms with Crippen LogP contribution in [-0.2, 0) is 6.54 Å². The number of hydrogen-bond donors (Lipinski definition) is 2. The Bertz CT molecular complexity index is 1000. The molecule has 0 aliphatic heterocycles. The molecule has 2 aromatic heterocycles. The van der Waals surface area contributed by atoms with Crippen LogP contribution in [0.2, 0.25) is 0 Å². The number of anilines is 3. The highest BCUT2D eigenvalue weighted by Gasteiger charge is 2.09. The van der Waals surface area contributed by atoms with Crippen molar-refractivity contribution in [3.05, 3.63) is 78.3 Å². The van der Waals surface area contributed by atoms with E-state index in [-0.39, 0.29) is 12.4 Å². The van der Waals surface area contributed by atoms with Crippen LogP contribution in [-0.4, -0.2) is 9.97 Å². The van der Waals surface area contributed by atoms with E-state index in [4.69, 9.17) is 4.42 Å². The van der Waals surface area contributed by atoms with Gasteiger partial charge in [0.2, 0.25) is 5.95 Å². The van der Waals surface area contributed by atoms with Crippen LogP contribution in [0.25, 0.3) is 10.9 Å². The third-order valence-corrected chi connectivity index (χ3v) is 4.00. The van der Waals surface area contributed by atoms with Crippen molar-refractivity contribution in [2.45, 2.75) is 13.5 Å². The maximum absolute atomic E-state index is 5.39. The first-order chi connectivity index (χ1) is 12.3. The molecule has 0 spiro atoms. The number of nitrogens with one attached hydrogen (secondary N) is 2. The van der Waals surface area contributed by atoms with E-state index >= 15 is 0 Å². The fourth-order valence-corrected chi connectivity index (χ4v) is 2.68. The van der Waals surface area contributed by atoms with Crippen LogP contribution in [0.5, 0.6) is 0 Å². The molecule has 26 heavy (non-hydrogen) atoms. The molecular formula is C20H19ClN4O. The lowest BCUT2D eigenvalue weighted by atomic mass is 10.2. The third kappa shape index (κ3) is 3.78. The summed E-state index contributed by atoms with van der Waals surface area (Å²) in [5.74, 6) is 2.20. The van der Waals surface area contributed by atoms with E-state index < -0.39 is 0 Å². The van der Waals surface area contributed by atoms with Gasteiger partial charge < -0.3 is 15.1 Å². The Hall–Kier alpha value is -3.05. The van der Waals surface area contributed by atoms with Gasteiger partial charge in [0.05, 0.1) is 18.3 Å². The van der Waals surface area contributed by atoms with E-state index in [1.165, 1.54) is 0 Å². The number of rotatable bonds is 5. The van der Waals surface area contributed by atoms with Gasteiger partial charge in [-0.05, 0) is 42.8 Å². The van der Waals surface area contributed by atoms with E-state index in [2.05, 4.69) is 33.6 Å². The van der Waals surface area contributed by atoms with Crippen LogP contribution in [0.4, 0.5) is 17.5 Å². The molecule has 0 amide bonds. The highest BCUT2D eigenvalue weighted by Crippen LogP contribution is 2.25. The van der Waals surface area contributed by atoms with Crippen molar-refractivity contribution in [1.82, 2.24) is 9.97 Å². The number of aromatic nitrogens is 2. The average molecular weight is 367 g/mol. The Kier molecular flexibility index (Phi) is 5.39. The zero-order chi connectivity index (χ0) is 17.1. The first-order valence-electron chi connectivity index (χ1n) is 8.15. The first-order valence-corrected chi connectivity index (χ1v) is 8.15. The summed E-state index contributed by atoms with van der Waals surface area (Å²) < 4.78 is 5.39. The van der Waals surface area contributed by atoms with Crippen molar-refractivity contribution in [2.24, 2.45) is 0 Å². The number of fused-ring (bicyclic) bond motifs is 1. The summed E-state index contributed by atoms with van der Waals surface area (Å²) in [5, 5.41) is 7.63. The molecule has 0 saturated heterocycles. The van der Waals surface area contributed by atoms with Gasteiger partial charge >= 0.3 is 0 Å². The zero-order valence-electron chi connectivity index (χ0n) is 14.3. The van der Waals surface area contributed by atoms with Gasteiger partial charge in [0.25, 0.3) is 0 Å². The van der Waals surface area contributed by atoms with Gasteiger partial charge in [0.15, 0.2) is 0 Å². The van der Waals surface area contributed by atoms with E-state index in [0.717, 1.165) is 33.7 Å². The first kappa shape index (κ1) is 17.8. The van der Waals surface area contributed by atoms with Gasteiger partial charge in [-0.2, -0.15) is 4.98 Å². The van der Waals surface area contributed by atoms with Gasteiger partial charge in [0, 0.05) is 11.1 Å². The minimum absolute atomic E-state index is 0. The fraction of sp³-hybridized carbons (Fsp3) is 0.100. The normalized spacial score (nSPS) is 10.3. The van der Waals surface area contributed by atoms with Crippen LogP contribution in [0.15, 0.2) is 71.3 Å². The molecule has 5 nitrogen and oxygen atoms in total. The van der Waals surface area contributed by atoms with E-state index in [0.29, 0.717) is 12.5 Å². The van der Waals surface area contributed by atoms with Crippen LogP contribution < -0.4 is 10.6 Å². The molecule has 0 saturated carbocycles. The predicted molar refractivity (Wildman–Crippen MR) is 107 cm³/mol. The number of halogens is 1. The van der Waals surface area contributed by atoms with Crippen molar-refractivity contribution in [3.63, 3.8) is 0 Å². The van der Waals surface area contributed by atoms with Gasteiger partial charge in [-0.3, -0.25) is 0 Å². The molecule has 2 aromatic carbocycles. The smallest absolute Gasteiger partial charge is 0.229 e. The van der Waals surface area contributed by atoms with Crippen molar-refractivity contribution in [3.8, 4) is 0 Å². The summed E-state index contributed by atoms with van der Waals surface area (Å²) in [6, 6.07) is 19.8. The summed E-state index contributed by atoms with van der Waals surface area (Å²) in [7, 11) is 0. The van der Waals surface area contributed by atoms with Crippen LogP contribution in [0, 0.1) is 6.92 Å². The quantitative estimate of drug-likeness (QED) is 0.501. The molecule has 4 aromatic rings. The Balaban J connectivity index is 0.00000196. The lowest BCUT2D eigenvalue weighted by Gasteiger charge is -2.12. The summed E-state index contributed by atoms with van der Waals surface area (Å²) in [4.78, 5) is 9.29. The van der Waals surface area contributed by atoms with Crippen LogP contribution >= 0.6 is 12.4 Å². The number of hydrogen-bond acceptors (Lipinski definition) is 5. The highest BCUT2D eigenvalue weighted by atomic mass is 35.5. The average Bonchev–Trinajstić information content (AvgIpc) is 3.15. The second kappa shape index (κ2) is 7.89. The Morgan fingerprint density at radius 3 is 2.54 bits per heavy atom. The zero-order valence-corrected chi connectivity index (χ0v) is 15.1. The maximum atomic E-state index is 5.39. The second-order valence-corrected chi connectivity index (χ2v) is 5.79. The predicted octanol–water partition coefficient (Wildman–Crippen LogP) is 5.31. The van der Waals surface area contributed by atoms with Gasteiger partial charge in [0.1, 0.15) is 11.6 Å². The number of benzene rings is 2. The molecule has 0 atom stereocenters. The molecule has 0 unspecified atom stereocenters. The Labute approximate surface area is 157 Å². The molecule has 0 aliphatic rings. The lowest BCUT2D eigenvalue weighted by molar-refractivity contribution is 0.518. The topological polar surface area (TPSA) is 63.0 Å². The summed E-state index contributed by atoms with van der Waals surface area (Å²) in [5.41, 5.74) is 3.02. The highest BCUT2D eigenvalue weighted by molar-refractivity contribution is 5.90. The van der Waals surface area contributed by atoms with E-state index in [1.54, 1.807) is 6.26 Å². The Morgan fingerprint density at radius 1 is 0.923 bits per heavy atom. The molecule has 6 heteroatoms. The van der Waals surface area contributed by atoms with Gasteiger partial charge in [-0.15, -0.1) is 12.4 Å². The molecular weight excluding hydrogens is 348 g/mol. The summed E-state index contributed by atoms with van der Waals surface area (Å²) >= 11 is 0. The van der Waals surface area contributed by atoms with Crippen molar-refractivity contribution in [1.29, 1.82) is 0 Å². The third-order valence-electron chi connectivity index (χ3n) is 4.00. The monoisotopic (exact) mass is 366 g/mol. The van der Waals surface area contributed by atoms with Gasteiger partial charge in [-0.1, -0.05) is 30.3 Å². The largest absolute Gasteiger partial charge is 0.467 e. The minimum Gasteiger partial charge on any atom is -0.467 e. The number of para-hydroxylation sites is 2. The molecule has 0 fully saturated rings. The van der Waals surface area contributed by atoms with Crippen molar-refractivity contribution < 1.29 is 4.42 Å². The molecule has 2 N–H and O–H groups in total. The molecule has 132 valence electrons. The summed E-state index contributed by atoms with van der Waals surface area (Å²) in [6.45, 7) is 2.62. The second-order valence-electron chi connectivity index (χ2n) is 5.79.